The quantitative estimate of drug-likeness (QED) is 0.759. The molecule has 76 valence electrons. The molecule has 1 fully saturated rings. The van der Waals surface area contributed by atoms with Crippen LogP contribution in [0.1, 0.15) is 42.1 Å². The van der Waals surface area contributed by atoms with E-state index in [0.717, 1.165) is 5.56 Å². The molecule has 1 aromatic rings. The minimum Gasteiger partial charge on any atom is -0.388 e. The summed E-state index contributed by atoms with van der Waals surface area (Å²) in [6.07, 6.45) is 3.43. The van der Waals surface area contributed by atoms with E-state index in [9.17, 15) is 5.11 Å². The molecule has 0 radical (unpaired) electrons. The highest BCUT2D eigenvalue weighted by atomic mass is 16.3. The summed E-state index contributed by atoms with van der Waals surface area (Å²) in [6.45, 7) is 4.16. The van der Waals surface area contributed by atoms with Crippen LogP contribution in [0.25, 0.3) is 0 Å². The normalized spacial score (nSPS) is 19.1. The van der Waals surface area contributed by atoms with E-state index in [2.05, 4.69) is 32.0 Å². The summed E-state index contributed by atoms with van der Waals surface area (Å²) >= 11 is 0. The second-order valence-corrected chi connectivity index (χ2v) is 4.50. The van der Waals surface area contributed by atoms with Crippen LogP contribution in [0.3, 0.4) is 0 Å². The van der Waals surface area contributed by atoms with E-state index < -0.39 is 0 Å². The summed E-state index contributed by atoms with van der Waals surface area (Å²) in [4.78, 5) is 0. The molecule has 1 unspecified atom stereocenters. The van der Waals surface area contributed by atoms with Gasteiger partial charge in [-0.05, 0) is 43.7 Å². The second kappa shape index (κ2) is 3.74. The predicted octanol–water partition coefficient (Wildman–Crippen LogP) is 3.14. The van der Waals surface area contributed by atoms with E-state index >= 15 is 0 Å². The number of benzene rings is 1. The van der Waals surface area contributed by atoms with Gasteiger partial charge < -0.3 is 5.11 Å². The summed E-state index contributed by atoms with van der Waals surface area (Å²) < 4.78 is 0. The van der Waals surface area contributed by atoms with Gasteiger partial charge in [-0.25, -0.2) is 0 Å². The van der Waals surface area contributed by atoms with E-state index in [0.29, 0.717) is 5.92 Å². The van der Waals surface area contributed by atoms with E-state index in [1.165, 1.54) is 30.4 Å². The minimum absolute atomic E-state index is 0.233. The SMILES string of the molecule is Cc1ccc(C)c(C(O)C2CCC2)c1. The summed E-state index contributed by atoms with van der Waals surface area (Å²) in [5, 5.41) is 10.1. The Morgan fingerprint density at radius 1 is 1.29 bits per heavy atom. The first-order valence-corrected chi connectivity index (χ1v) is 5.43. The average Bonchev–Trinajstić information content (AvgIpc) is 2.06. The molecule has 0 aromatic heterocycles. The molecule has 2 rings (SSSR count). The maximum atomic E-state index is 10.1. The Labute approximate surface area is 85.8 Å². The maximum absolute atomic E-state index is 10.1. The minimum atomic E-state index is -0.233. The van der Waals surface area contributed by atoms with E-state index in [-0.39, 0.29) is 6.10 Å². The van der Waals surface area contributed by atoms with Crippen LogP contribution in [0.2, 0.25) is 0 Å². The Hall–Kier alpha value is -0.820. The van der Waals surface area contributed by atoms with Crippen molar-refractivity contribution in [1.29, 1.82) is 0 Å². The molecule has 1 heteroatoms. The van der Waals surface area contributed by atoms with Crippen LogP contribution in [-0.4, -0.2) is 5.11 Å². The van der Waals surface area contributed by atoms with Gasteiger partial charge in [-0.15, -0.1) is 0 Å². The molecule has 0 heterocycles. The highest BCUT2D eigenvalue weighted by Gasteiger charge is 2.27. The number of aryl methyl sites for hydroxylation is 2. The third-order valence-corrected chi connectivity index (χ3v) is 3.35. The smallest absolute Gasteiger partial charge is 0.0820 e. The Morgan fingerprint density at radius 3 is 2.57 bits per heavy atom. The molecule has 0 aliphatic heterocycles. The summed E-state index contributed by atoms with van der Waals surface area (Å²) in [6, 6.07) is 6.33. The fourth-order valence-electron chi connectivity index (χ4n) is 2.09. The molecule has 0 amide bonds. The average molecular weight is 190 g/mol. The summed E-state index contributed by atoms with van der Waals surface area (Å²) in [7, 11) is 0. The lowest BCUT2D eigenvalue weighted by Crippen LogP contribution is -2.20. The molecule has 1 aliphatic rings. The molecular formula is C13H18O. The lowest BCUT2D eigenvalue weighted by Gasteiger charge is -2.31. The molecule has 0 bridgehead atoms. The van der Waals surface area contributed by atoms with Crippen molar-refractivity contribution in [1.82, 2.24) is 0 Å². The van der Waals surface area contributed by atoms with Crippen molar-refractivity contribution in [2.24, 2.45) is 5.92 Å². The number of hydrogen-bond donors (Lipinski definition) is 1. The van der Waals surface area contributed by atoms with Crippen molar-refractivity contribution < 1.29 is 5.11 Å². The van der Waals surface area contributed by atoms with Gasteiger partial charge in [0.15, 0.2) is 0 Å². The molecule has 14 heavy (non-hydrogen) atoms. The molecule has 1 atom stereocenters. The zero-order valence-electron chi connectivity index (χ0n) is 8.96. The maximum Gasteiger partial charge on any atom is 0.0820 e. The van der Waals surface area contributed by atoms with Crippen LogP contribution < -0.4 is 0 Å². The second-order valence-electron chi connectivity index (χ2n) is 4.50. The number of aliphatic hydroxyl groups excluding tert-OH is 1. The first-order valence-electron chi connectivity index (χ1n) is 5.43. The van der Waals surface area contributed by atoms with Crippen molar-refractivity contribution in [3.8, 4) is 0 Å². The van der Waals surface area contributed by atoms with Gasteiger partial charge in [0.25, 0.3) is 0 Å². The van der Waals surface area contributed by atoms with Crippen LogP contribution in [0.5, 0.6) is 0 Å². The predicted molar refractivity (Wildman–Crippen MR) is 58.2 cm³/mol. The van der Waals surface area contributed by atoms with E-state index in [1.807, 2.05) is 0 Å². The first kappa shape index (κ1) is 9.72. The Bertz CT molecular complexity index is 326. The molecule has 1 nitrogen and oxygen atoms in total. The molecule has 1 aliphatic carbocycles. The van der Waals surface area contributed by atoms with Crippen molar-refractivity contribution in [2.45, 2.75) is 39.2 Å². The van der Waals surface area contributed by atoms with E-state index in [1.54, 1.807) is 0 Å². The molecule has 1 saturated carbocycles. The zero-order valence-corrected chi connectivity index (χ0v) is 8.96. The highest BCUT2D eigenvalue weighted by molar-refractivity contribution is 5.32. The van der Waals surface area contributed by atoms with Crippen molar-refractivity contribution in [3.63, 3.8) is 0 Å². The van der Waals surface area contributed by atoms with Crippen molar-refractivity contribution in [2.75, 3.05) is 0 Å². The monoisotopic (exact) mass is 190 g/mol. The van der Waals surface area contributed by atoms with Gasteiger partial charge in [0.1, 0.15) is 0 Å². The molecular weight excluding hydrogens is 172 g/mol. The first-order chi connectivity index (χ1) is 6.68. The number of aliphatic hydroxyl groups is 1. The highest BCUT2D eigenvalue weighted by Crippen LogP contribution is 2.38. The van der Waals surface area contributed by atoms with Crippen LogP contribution in [0.4, 0.5) is 0 Å². The fourth-order valence-corrected chi connectivity index (χ4v) is 2.09. The Morgan fingerprint density at radius 2 is 2.00 bits per heavy atom. The van der Waals surface area contributed by atoms with Crippen LogP contribution >= 0.6 is 0 Å². The van der Waals surface area contributed by atoms with Gasteiger partial charge in [0.05, 0.1) is 6.10 Å². The topological polar surface area (TPSA) is 20.2 Å². The Kier molecular flexibility index (Phi) is 2.60. The lowest BCUT2D eigenvalue weighted by molar-refractivity contribution is 0.0616. The van der Waals surface area contributed by atoms with Gasteiger partial charge in [-0.3, -0.25) is 0 Å². The number of hydrogen-bond acceptors (Lipinski definition) is 1. The largest absolute Gasteiger partial charge is 0.388 e. The van der Waals surface area contributed by atoms with E-state index in [4.69, 9.17) is 0 Å². The van der Waals surface area contributed by atoms with Crippen molar-refractivity contribution >= 4 is 0 Å². The third-order valence-electron chi connectivity index (χ3n) is 3.35. The lowest BCUT2D eigenvalue weighted by atomic mass is 9.78. The van der Waals surface area contributed by atoms with Crippen LogP contribution in [0, 0.1) is 19.8 Å². The van der Waals surface area contributed by atoms with Crippen molar-refractivity contribution in [3.05, 3.63) is 34.9 Å². The van der Waals surface area contributed by atoms with Gasteiger partial charge >= 0.3 is 0 Å². The van der Waals surface area contributed by atoms with Gasteiger partial charge in [-0.1, -0.05) is 30.2 Å². The van der Waals surface area contributed by atoms with Crippen LogP contribution in [0.15, 0.2) is 18.2 Å². The molecule has 0 spiro atoms. The molecule has 1 aromatic carbocycles. The zero-order chi connectivity index (χ0) is 10.1. The van der Waals surface area contributed by atoms with Gasteiger partial charge in [0, 0.05) is 0 Å². The fraction of sp³-hybridized carbons (Fsp3) is 0.538. The summed E-state index contributed by atoms with van der Waals surface area (Å²) in [5.74, 6) is 0.510. The third kappa shape index (κ3) is 1.69. The number of rotatable bonds is 2. The van der Waals surface area contributed by atoms with Gasteiger partial charge in [-0.2, -0.15) is 0 Å². The Balaban J connectivity index is 2.24. The summed E-state index contributed by atoms with van der Waals surface area (Å²) in [5.41, 5.74) is 3.59. The molecule has 0 saturated heterocycles. The molecule has 1 N–H and O–H groups in total. The van der Waals surface area contributed by atoms with Gasteiger partial charge in [0.2, 0.25) is 0 Å². The standard InChI is InChI=1S/C13H18O/c1-9-6-7-10(2)12(8-9)13(14)11-4-3-5-11/h6-8,11,13-14H,3-5H2,1-2H3. The van der Waals surface area contributed by atoms with Crippen LogP contribution in [-0.2, 0) is 0 Å².